The summed E-state index contributed by atoms with van der Waals surface area (Å²) in [6.07, 6.45) is 0.783. The van der Waals surface area contributed by atoms with E-state index in [2.05, 4.69) is 56.7 Å². The van der Waals surface area contributed by atoms with Gasteiger partial charge in [0.25, 0.3) is 0 Å². The average molecular weight is 370 g/mol. The van der Waals surface area contributed by atoms with Crippen molar-refractivity contribution in [1.29, 1.82) is 0 Å². The lowest BCUT2D eigenvalue weighted by atomic mass is 10.1. The van der Waals surface area contributed by atoms with Crippen molar-refractivity contribution in [3.63, 3.8) is 0 Å². The normalized spacial score (nSPS) is 10.7. The first-order valence-corrected chi connectivity index (χ1v) is 8.20. The van der Waals surface area contributed by atoms with E-state index in [0.29, 0.717) is 0 Å². The third-order valence-electron chi connectivity index (χ3n) is 3.76. The van der Waals surface area contributed by atoms with Gasteiger partial charge in [-0.1, -0.05) is 42.5 Å². The highest BCUT2D eigenvalue weighted by atomic mass is 79.9. The summed E-state index contributed by atoms with van der Waals surface area (Å²) in [6, 6.07) is 18.4. The molecule has 0 unspecified atom stereocenters. The van der Waals surface area contributed by atoms with Crippen molar-refractivity contribution in [2.24, 2.45) is 0 Å². The number of rotatable bonds is 5. The molecule has 0 aliphatic heterocycles. The third kappa shape index (κ3) is 3.64. The molecule has 0 saturated heterocycles. The minimum Gasteiger partial charge on any atom is -0.497 e. The largest absolute Gasteiger partial charge is 0.497 e. The number of halogens is 1. The van der Waals surface area contributed by atoms with E-state index >= 15 is 0 Å². The van der Waals surface area contributed by atoms with E-state index in [1.54, 1.807) is 7.11 Å². The standard InChI is InChI=1S/C19H18BrN2O/c1-14-19(20)22(13-16-8-10-17(23-2)11-9-16)18(21-14)12-15-6-4-3-5-7-15/h3-11H,1,12-13H2,2H3. The molecule has 0 fully saturated rings. The molecular weight excluding hydrogens is 352 g/mol. The van der Waals surface area contributed by atoms with Crippen LogP contribution in [-0.2, 0) is 13.0 Å². The molecule has 3 nitrogen and oxygen atoms in total. The van der Waals surface area contributed by atoms with Gasteiger partial charge in [0.05, 0.1) is 12.8 Å². The Labute approximate surface area is 145 Å². The van der Waals surface area contributed by atoms with Gasteiger partial charge in [-0.3, -0.25) is 0 Å². The second-order valence-electron chi connectivity index (χ2n) is 5.36. The Balaban J connectivity index is 1.88. The lowest BCUT2D eigenvalue weighted by molar-refractivity contribution is 0.414. The van der Waals surface area contributed by atoms with Crippen molar-refractivity contribution in [2.75, 3.05) is 7.11 Å². The summed E-state index contributed by atoms with van der Waals surface area (Å²) in [4.78, 5) is 4.62. The molecular formula is C19H18BrN2O. The summed E-state index contributed by atoms with van der Waals surface area (Å²) < 4.78 is 8.31. The van der Waals surface area contributed by atoms with Gasteiger partial charge in [0.2, 0.25) is 0 Å². The number of ether oxygens (including phenoxy) is 1. The minimum absolute atomic E-state index is 0.745. The van der Waals surface area contributed by atoms with Gasteiger partial charge in [-0.25, -0.2) is 4.98 Å². The molecule has 0 amide bonds. The molecule has 0 spiro atoms. The van der Waals surface area contributed by atoms with Crippen LogP contribution >= 0.6 is 15.9 Å². The van der Waals surface area contributed by atoms with E-state index < -0.39 is 0 Å². The molecule has 0 atom stereocenters. The first kappa shape index (κ1) is 15.8. The van der Waals surface area contributed by atoms with Gasteiger partial charge in [0.1, 0.15) is 16.2 Å². The van der Waals surface area contributed by atoms with E-state index in [-0.39, 0.29) is 0 Å². The summed E-state index contributed by atoms with van der Waals surface area (Å²) in [5, 5.41) is 0. The molecule has 23 heavy (non-hydrogen) atoms. The molecule has 117 valence electrons. The molecule has 0 saturated carbocycles. The van der Waals surface area contributed by atoms with Crippen molar-refractivity contribution < 1.29 is 4.74 Å². The van der Waals surface area contributed by atoms with Crippen LogP contribution in [0.1, 0.15) is 22.6 Å². The number of imidazole rings is 1. The van der Waals surface area contributed by atoms with Crippen LogP contribution in [0.15, 0.2) is 59.2 Å². The van der Waals surface area contributed by atoms with Crippen LogP contribution in [0.5, 0.6) is 5.75 Å². The van der Waals surface area contributed by atoms with E-state index in [0.717, 1.165) is 34.8 Å². The van der Waals surface area contributed by atoms with Crippen LogP contribution in [-0.4, -0.2) is 16.7 Å². The van der Waals surface area contributed by atoms with Crippen LogP contribution in [0.2, 0.25) is 0 Å². The highest BCUT2D eigenvalue weighted by Gasteiger charge is 2.13. The lowest BCUT2D eigenvalue weighted by Gasteiger charge is -2.10. The van der Waals surface area contributed by atoms with E-state index in [1.807, 2.05) is 30.3 Å². The molecule has 2 aromatic carbocycles. The first-order valence-electron chi connectivity index (χ1n) is 7.41. The second-order valence-corrected chi connectivity index (χ2v) is 6.11. The van der Waals surface area contributed by atoms with Crippen LogP contribution in [0.25, 0.3) is 0 Å². The SMILES string of the molecule is [CH2]c1nc(Cc2ccccc2)n(Cc2ccc(OC)cc2)c1Br. The molecule has 3 rings (SSSR count). The van der Waals surface area contributed by atoms with Gasteiger partial charge in [0.15, 0.2) is 0 Å². The minimum atomic E-state index is 0.745. The van der Waals surface area contributed by atoms with Gasteiger partial charge in [-0.15, -0.1) is 0 Å². The number of nitrogens with zero attached hydrogens (tertiary/aromatic N) is 2. The predicted molar refractivity (Wildman–Crippen MR) is 95.7 cm³/mol. The van der Waals surface area contributed by atoms with Gasteiger partial charge < -0.3 is 9.30 Å². The van der Waals surface area contributed by atoms with Crippen molar-refractivity contribution in [3.05, 3.63) is 88.8 Å². The second kappa shape index (κ2) is 7.01. The van der Waals surface area contributed by atoms with Crippen molar-refractivity contribution in [1.82, 2.24) is 9.55 Å². The smallest absolute Gasteiger partial charge is 0.118 e. The Hall–Kier alpha value is -2.07. The quantitative estimate of drug-likeness (QED) is 0.662. The fourth-order valence-corrected chi connectivity index (χ4v) is 2.94. The predicted octanol–water partition coefficient (Wildman–Crippen LogP) is 4.48. The third-order valence-corrected chi connectivity index (χ3v) is 4.64. The van der Waals surface area contributed by atoms with Crippen molar-refractivity contribution >= 4 is 15.9 Å². The van der Waals surface area contributed by atoms with Crippen molar-refractivity contribution in [2.45, 2.75) is 13.0 Å². The van der Waals surface area contributed by atoms with Gasteiger partial charge in [-0.2, -0.15) is 0 Å². The summed E-state index contributed by atoms with van der Waals surface area (Å²) in [5.41, 5.74) is 3.20. The van der Waals surface area contributed by atoms with E-state index in [9.17, 15) is 0 Å². The number of hydrogen-bond donors (Lipinski definition) is 0. The zero-order valence-electron chi connectivity index (χ0n) is 13.0. The van der Waals surface area contributed by atoms with Gasteiger partial charge in [0, 0.05) is 13.0 Å². The Bertz CT molecular complexity index is 779. The highest BCUT2D eigenvalue weighted by Crippen LogP contribution is 2.22. The molecule has 0 aliphatic rings. The van der Waals surface area contributed by atoms with Crippen molar-refractivity contribution in [3.8, 4) is 5.75 Å². The molecule has 0 bridgehead atoms. The summed E-state index contributed by atoms with van der Waals surface area (Å²) in [6.45, 7) is 4.76. The Morgan fingerprint density at radius 3 is 2.39 bits per heavy atom. The molecule has 1 heterocycles. The van der Waals surface area contributed by atoms with E-state index in [1.165, 1.54) is 11.1 Å². The molecule has 0 aliphatic carbocycles. The Morgan fingerprint density at radius 1 is 1.04 bits per heavy atom. The van der Waals surface area contributed by atoms with Gasteiger partial charge >= 0.3 is 0 Å². The van der Waals surface area contributed by atoms with Crippen LogP contribution < -0.4 is 4.74 Å². The highest BCUT2D eigenvalue weighted by molar-refractivity contribution is 9.10. The fraction of sp³-hybridized carbons (Fsp3) is 0.158. The molecule has 1 aromatic heterocycles. The fourth-order valence-electron chi connectivity index (χ4n) is 2.52. The Morgan fingerprint density at radius 2 is 1.74 bits per heavy atom. The number of methoxy groups -OCH3 is 1. The zero-order valence-corrected chi connectivity index (χ0v) is 14.6. The lowest BCUT2D eigenvalue weighted by Crippen LogP contribution is -2.06. The molecule has 3 aromatic rings. The summed E-state index contributed by atoms with van der Waals surface area (Å²) in [7, 11) is 1.68. The van der Waals surface area contributed by atoms with E-state index in [4.69, 9.17) is 4.74 Å². The maximum absolute atomic E-state index is 5.21. The number of hydrogen-bond acceptors (Lipinski definition) is 2. The topological polar surface area (TPSA) is 27.1 Å². The Kier molecular flexibility index (Phi) is 4.82. The van der Waals surface area contributed by atoms with Crippen LogP contribution in [0.3, 0.4) is 0 Å². The number of aromatic nitrogens is 2. The van der Waals surface area contributed by atoms with Crippen LogP contribution in [0, 0.1) is 6.92 Å². The zero-order chi connectivity index (χ0) is 16.2. The summed E-state index contributed by atoms with van der Waals surface area (Å²) in [5.74, 6) is 1.87. The van der Waals surface area contributed by atoms with Crippen LogP contribution in [0.4, 0.5) is 0 Å². The summed E-state index contributed by atoms with van der Waals surface area (Å²) >= 11 is 3.61. The monoisotopic (exact) mass is 369 g/mol. The molecule has 4 heteroatoms. The average Bonchev–Trinajstić information content (AvgIpc) is 2.84. The molecule has 0 N–H and O–H groups in total. The number of benzene rings is 2. The van der Waals surface area contributed by atoms with Gasteiger partial charge in [-0.05, 0) is 46.1 Å². The first-order chi connectivity index (χ1) is 11.2. The maximum Gasteiger partial charge on any atom is 0.118 e. The molecule has 1 radical (unpaired) electrons. The maximum atomic E-state index is 5.21.